The van der Waals surface area contributed by atoms with Crippen LogP contribution >= 0.6 is 0 Å². The van der Waals surface area contributed by atoms with Crippen LogP contribution < -0.4 is 10.6 Å². The van der Waals surface area contributed by atoms with E-state index in [4.69, 9.17) is 0 Å². The van der Waals surface area contributed by atoms with Crippen LogP contribution in [0, 0.1) is 11.6 Å². The van der Waals surface area contributed by atoms with Crippen LogP contribution in [0.1, 0.15) is 21.5 Å². The highest BCUT2D eigenvalue weighted by Crippen LogP contribution is 2.11. The summed E-state index contributed by atoms with van der Waals surface area (Å²) >= 11 is 0. The average molecular weight is 416 g/mol. The molecule has 160 valence electrons. The largest absolute Gasteiger partial charge is 0.350 e. The smallest absolute Gasteiger partial charge is 0.254 e. The standard InChI is InChI=1S/C22H26F2N4O2/c1-27-7-9-28(10-8-27)15-17-4-2-3-16(11-17)13-25-21(29)14-26-22(30)19-6-5-18(23)12-20(19)24/h2-6,11-12H,7-10,13-15H2,1H3,(H,25,29)(H,26,30). The number of hydrogen-bond acceptors (Lipinski definition) is 4. The number of halogens is 2. The van der Waals surface area contributed by atoms with Crippen molar-refractivity contribution in [3.63, 3.8) is 0 Å². The summed E-state index contributed by atoms with van der Waals surface area (Å²) in [5.41, 5.74) is 1.85. The fraction of sp³-hybridized carbons (Fsp3) is 0.364. The Morgan fingerprint density at radius 2 is 1.70 bits per heavy atom. The molecule has 0 aromatic heterocycles. The van der Waals surface area contributed by atoms with Crippen LogP contribution in [0.15, 0.2) is 42.5 Å². The molecule has 1 fully saturated rings. The van der Waals surface area contributed by atoms with Crippen molar-refractivity contribution in [2.75, 3.05) is 39.8 Å². The number of amides is 2. The van der Waals surface area contributed by atoms with Gasteiger partial charge in [0.2, 0.25) is 5.91 Å². The van der Waals surface area contributed by atoms with Crippen molar-refractivity contribution in [3.8, 4) is 0 Å². The third kappa shape index (κ3) is 6.33. The lowest BCUT2D eigenvalue weighted by Gasteiger charge is -2.32. The summed E-state index contributed by atoms with van der Waals surface area (Å²) in [5.74, 6) is -2.89. The van der Waals surface area contributed by atoms with E-state index in [1.807, 2.05) is 12.1 Å². The molecule has 0 bridgehead atoms. The average Bonchev–Trinajstić information content (AvgIpc) is 2.72. The van der Waals surface area contributed by atoms with E-state index in [1.165, 1.54) is 5.56 Å². The van der Waals surface area contributed by atoms with Crippen molar-refractivity contribution in [2.24, 2.45) is 0 Å². The third-order valence-corrected chi connectivity index (χ3v) is 5.07. The van der Waals surface area contributed by atoms with E-state index >= 15 is 0 Å². The number of nitrogens with zero attached hydrogens (tertiary/aromatic N) is 2. The van der Waals surface area contributed by atoms with Gasteiger partial charge >= 0.3 is 0 Å². The molecule has 1 saturated heterocycles. The quantitative estimate of drug-likeness (QED) is 0.722. The number of benzene rings is 2. The van der Waals surface area contributed by atoms with Gasteiger partial charge in [-0.25, -0.2) is 8.78 Å². The molecular formula is C22H26F2N4O2. The summed E-state index contributed by atoms with van der Waals surface area (Å²) in [4.78, 5) is 28.7. The molecule has 1 heterocycles. The van der Waals surface area contributed by atoms with E-state index in [0.29, 0.717) is 12.6 Å². The van der Waals surface area contributed by atoms with Gasteiger partial charge in [-0.15, -0.1) is 0 Å². The lowest BCUT2D eigenvalue weighted by molar-refractivity contribution is -0.120. The fourth-order valence-electron chi connectivity index (χ4n) is 3.29. The Morgan fingerprint density at radius 3 is 2.43 bits per heavy atom. The molecule has 1 aliphatic rings. The van der Waals surface area contributed by atoms with Gasteiger partial charge in [0.1, 0.15) is 11.6 Å². The molecule has 3 rings (SSSR count). The van der Waals surface area contributed by atoms with Crippen LogP contribution in [-0.4, -0.2) is 61.4 Å². The fourth-order valence-corrected chi connectivity index (χ4v) is 3.29. The Morgan fingerprint density at radius 1 is 0.967 bits per heavy atom. The zero-order valence-electron chi connectivity index (χ0n) is 17.0. The first-order valence-electron chi connectivity index (χ1n) is 9.89. The third-order valence-electron chi connectivity index (χ3n) is 5.07. The van der Waals surface area contributed by atoms with Crippen molar-refractivity contribution in [1.82, 2.24) is 20.4 Å². The van der Waals surface area contributed by atoms with Crippen LogP contribution in [0.25, 0.3) is 0 Å². The van der Waals surface area contributed by atoms with Crippen LogP contribution in [0.3, 0.4) is 0 Å². The molecule has 8 heteroatoms. The van der Waals surface area contributed by atoms with Gasteiger partial charge in [0, 0.05) is 45.3 Å². The van der Waals surface area contributed by atoms with E-state index in [1.54, 1.807) is 0 Å². The molecular weight excluding hydrogens is 390 g/mol. The first-order valence-corrected chi connectivity index (χ1v) is 9.89. The minimum atomic E-state index is -0.968. The minimum Gasteiger partial charge on any atom is -0.350 e. The Labute approximate surface area is 174 Å². The molecule has 2 aromatic rings. The molecule has 6 nitrogen and oxygen atoms in total. The van der Waals surface area contributed by atoms with Gasteiger partial charge in [-0.1, -0.05) is 24.3 Å². The first-order chi connectivity index (χ1) is 14.4. The zero-order chi connectivity index (χ0) is 21.5. The van der Waals surface area contributed by atoms with Gasteiger partial charge in [0.15, 0.2) is 0 Å². The van der Waals surface area contributed by atoms with Crippen LogP contribution in [-0.2, 0) is 17.9 Å². The van der Waals surface area contributed by atoms with Crippen molar-refractivity contribution >= 4 is 11.8 Å². The molecule has 0 radical (unpaired) electrons. The number of carbonyl (C=O) groups excluding carboxylic acids is 2. The first kappa shape index (κ1) is 21.9. The highest BCUT2D eigenvalue weighted by atomic mass is 19.1. The summed E-state index contributed by atoms with van der Waals surface area (Å²) in [6, 6.07) is 10.7. The van der Waals surface area contributed by atoms with Gasteiger partial charge in [-0.2, -0.15) is 0 Å². The van der Waals surface area contributed by atoms with Crippen LogP contribution in [0.5, 0.6) is 0 Å². The molecule has 1 aliphatic heterocycles. The topological polar surface area (TPSA) is 64.7 Å². The second kappa shape index (κ2) is 10.3. The number of piperazine rings is 1. The highest BCUT2D eigenvalue weighted by Gasteiger charge is 2.15. The van der Waals surface area contributed by atoms with Crippen LogP contribution in [0.2, 0.25) is 0 Å². The summed E-state index contributed by atoms with van der Waals surface area (Å²) in [7, 11) is 2.12. The second-order valence-corrected chi connectivity index (χ2v) is 7.48. The molecule has 2 N–H and O–H groups in total. The van der Waals surface area contributed by atoms with E-state index in [-0.39, 0.29) is 12.1 Å². The molecule has 2 aromatic carbocycles. The van der Waals surface area contributed by atoms with Gasteiger partial charge in [0.05, 0.1) is 12.1 Å². The summed E-state index contributed by atoms with van der Waals surface area (Å²) < 4.78 is 26.5. The number of rotatable bonds is 7. The number of carbonyl (C=O) groups is 2. The number of likely N-dealkylation sites (N-methyl/N-ethyl adjacent to an activating group) is 1. The van der Waals surface area contributed by atoms with Crippen molar-refractivity contribution < 1.29 is 18.4 Å². The minimum absolute atomic E-state index is 0.295. The summed E-state index contributed by atoms with van der Waals surface area (Å²) in [6.07, 6.45) is 0. The molecule has 0 saturated carbocycles. The molecule has 2 amide bonds. The maximum absolute atomic E-state index is 13.6. The Balaban J connectivity index is 1.44. The lowest BCUT2D eigenvalue weighted by atomic mass is 10.1. The van der Waals surface area contributed by atoms with E-state index < -0.39 is 23.4 Å². The summed E-state index contributed by atoms with van der Waals surface area (Å²) in [5, 5.41) is 5.08. The predicted octanol–water partition coefficient (Wildman–Crippen LogP) is 1.76. The maximum atomic E-state index is 13.6. The van der Waals surface area contributed by atoms with E-state index in [0.717, 1.165) is 50.4 Å². The van der Waals surface area contributed by atoms with Gasteiger partial charge < -0.3 is 15.5 Å². The maximum Gasteiger partial charge on any atom is 0.254 e. The molecule has 30 heavy (non-hydrogen) atoms. The van der Waals surface area contributed by atoms with E-state index in [2.05, 4.69) is 39.6 Å². The van der Waals surface area contributed by atoms with Crippen molar-refractivity contribution in [2.45, 2.75) is 13.1 Å². The number of hydrogen-bond donors (Lipinski definition) is 2. The molecule has 0 aliphatic carbocycles. The Kier molecular flexibility index (Phi) is 7.48. The second-order valence-electron chi connectivity index (χ2n) is 7.48. The Bertz CT molecular complexity index is 898. The van der Waals surface area contributed by atoms with Crippen molar-refractivity contribution in [1.29, 1.82) is 0 Å². The van der Waals surface area contributed by atoms with E-state index in [9.17, 15) is 18.4 Å². The SMILES string of the molecule is CN1CCN(Cc2cccc(CNC(=O)CNC(=O)c3ccc(F)cc3F)c2)CC1. The van der Waals surface area contributed by atoms with Crippen molar-refractivity contribution in [3.05, 3.63) is 70.8 Å². The van der Waals surface area contributed by atoms with Gasteiger partial charge in [-0.05, 0) is 30.3 Å². The zero-order valence-corrected chi connectivity index (χ0v) is 17.0. The predicted molar refractivity (Wildman–Crippen MR) is 110 cm³/mol. The Hall–Kier alpha value is -2.84. The normalized spacial score (nSPS) is 15.0. The molecule has 0 spiro atoms. The molecule has 0 atom stereocenters. The lowest BCUT2D eigenvalue weighted by Crippen LogP contribution is -2.43. The monoisotopic (exact) mass is 416 g/mol. The van der Waals surface area contributed by atoms with Crippen LogP contribution in [0.4, 0.5) is 8.78 Å². The number of nitrogens with one attached hydrogen (secondary N) is 2. The summed E-state index contributed by atoms with van der Waals surface area (Å²) in [6.45, 7) is 5.09. The highest BCUT2D eigenvalue weighted by molar-refractivity contribution is 5.96. The van der Waals surface area contributed by atoms with Gasteiger partial charge in [0.25, 0.3) is 5.91 Å². The molecule has 0 unspecified atom stereocenters. The van der Waals surface area contributed by atoms with Gasteiger partial charge in [-0.3, -0.25) is 14.5 Å².